The van der Waals surface area contributed by atoms with Gasteiger partial charge in [0.05, 0.1) is 7.11 Å². The van der Waals surface area contributed by atoms with E-state index in [1.54, 1.807) is 0 Å². The van der Waals surface area contributed by atoms with Gasteiger partial charge < -0.3 is 4.74 Å². The van der Waals surface area contributed by atoms with Crippen molar-refractivity contribution in [3.8, 4) is 0 Å². The maximum atomic E-state index is 11.8. The van der Waals surface area contributed by atoms with E-state index < -0.39 is 21.2 Å². The molecule has 1 heterocycles. The first-order valence-corrected chi connectivity index (χ1v) is 6.07. The summed E-state index contributed by atoms with van der Waals surface area (Å²) in [5.74, 6) is -0.697. The molecule has 0 amide bonds. The molecule has 0 aromatic carbocycles. The molecule has 1 aliphatic heterocycles. The topological polar surface area (TPSA) is 63.7 Å². The maximum absolute atomic E-state index is 11.8. The number of esters is 1. The van der Waals surface area contributed by atoms with E-state index >= 15 is 0 Å². The summed E-state index contributed by atoms with van der Waals surface area (Å²) in [6, 6.07) is 0. The number of ether oxygens (including phenoxy) is 1. The van der Waals surface area contributed by atoms with Crippen LogP contribution in [-0.4, -0.2) is 44.1 Å². The molecule has 82 valence electrons. The third-order valence-corrected chi connectivity index (χ3v) is 4.58. The fourth-order valence-corrected chi connectivity index (χ4v) is 3.01. The molecule has 1 fully saturated rings. The Kier molecular flexibility index (Phi) is 3.49. The highest BCUT2D eigenvalue weighted by molar-refractivity contribution is 7.90. The smallest absolute Gasteiger partial charge is 0.325 e. The van der Waals surface area contributed by atoms with Gasteiger partial charge in [0.1, 0.15) is 0 Å². The summed E-state index contributed by atoms with van der Waals surface area (Å²) >= 11 is 0. The van der Waals surface area contributed by atoms with Crippen molar-refractivity contribution in [2.24, 2.45) is 0 Å². The number of sulfonamides is 1. The van der Waals surface area contributed by atoms with Crippen LogP contribution in [0.3, 0.4) is 0 Å². The summed E-state index contributed by atoms with van der Waals surface area (Å²) in [6.45, 7) is 2.40. The van der Waals surface area contributed by atoms with E-state index in [1.165, 1.54) is 18.3 Å². The molecule has 1 atom stereocenters. The van der Waals surface area contributed by atoms with E-state index in [0.717, 1.165) is 12.8 Å². The molecule has 0 N–H and O–H groups in total. The second kappa shape index (κ2) is 4.27. The minimum Gasteiger partial charge on any atom is -0.468 e. The van der Waals surface area contributed by atoms with Gasteiger partial charge in [-0.05, 0) is 19.8 Å². The normalized spacial score (nSPS) is 20.7. The molecule has 1 unspecified atom stereocenters. The lowest BCUT2D eigenvalue weighted by Gasteiger charge is -2.19. The standard InChI is InChI=1S/C8H15NO4S/c1-7(8(10)13-2)14(11,12)9-5-3-4-6-9/h7H,3-6H2,1-2H3. The molecule has 1 rings (SSSR count). The summed E-state index contributed by atoms with van der Waals surface area (Å²) in [5.41, 5.74) is 0. The van der Waals surface area contributed by atoms with Gasteiger partial charge in [-0.2, -0.15) is 0 Å². The third kappa shape index (κ3) is 2.06. The quantitative estimate of drug-likeness (QED) is 0.628. The number of hydrogen-bond donors (Lipinski definition) is 0. The number of nitrogens with zero attached hydrogens (tertiary/aromatic N) is 1. The molecular weight excluding hydrogens is 206 g/mol. The predicted molar refractivity (Wildman–Crippen MR) is 51.2 cm³/mol. The van der Waals surface area contributed by atoms with Gasteiger partial charge in [0.15, 0.2) is 5.25 Å². The number of carbonyl (C=O) groups is 1. The Morgan fingerprint density at radius 2 is 1.86 bits per heavy atom. The monoisotopic (exact) mass is 221 g/mol. The van der Waals surface area contributed by atoms with E-state index in [2.05, 4.69) is 4.74 Å². The Hall–Kier alpha value is -0.620. The molecule has 0 radical (unpaired) electrons. The highest BCUT2D eigenvalue weighted by atomic mass is 32.2. The summed E-state index contributed by atoms with van der Waals surface area (Å²) in [4.78, 5) is 11.1. The largest absolute Gasteiger partial charge is 0.468 e. The van der Waals surface area contributed by atoms with E-state index in [4.69, 9.17) is 0 Å². The first-order valence-electron chi connectivity index (χ1n) is 4.57. The third-order valence-electron chi connectivity index (χ3n) is 2.40. The van der Waals surface area contributed by atoms with Crippen LogP contribution in [0.4, 0.5) is 0 Å². The summed E-state index contributed by atoms with van der Waals surface area (Å²) in [7, 11) is -2.30. The molecule has 5 nitrogen and oxygen atoms in total. The summed E-state index contributed by atoms with van der Waals surface area (Å²) in [5, 5.41) is -1.09. The van der Waals surface area contributed by atoms with Crippen LogP contribution in [0, 0.1) is 0 Å². The fraction of sp³-hybridized carbons (Fsp3) is 0.875. The fourth-order valence-electron chi connectivity index (χ4n) is 1.45. The van der Waals surface area contributed by atoms with Crippen molar-refractivity contribution in [1.29, 1.82) is 0 Å². The first-order chi connectivity index (χ1) is 6.50. The van der Waals surface area contributed by atoms with Crippen molar-refractivity contribution in [2.75, 3.05) is 20.2 Å². The van der Waals surface area contributed by atoms with Crippen molar-refractivity contribution in [3.05, 3.63) is 0 Å². The van der Waals surface area contributed by atoms with Gasteiger partial charge in [0.25, 0.3) is 0 Å². The van der Waals surface area contributed by atoms with Gasteiger partial charge in [-0.15, -0.1) is 0 Å². The Balaban J connectivity index is 2.78. The molecule has 0 saturated carbocycles. The van der Waals surface area contributed by atoms with E-state index in [1.807, 2.05) is 0 Å². The zero-order valence-corrected chi connectivity index (χ0v) is 9.21. The van der Waals surface area contributed by atoms with E-state index in [-0.39, 0.29) is 0 Å². The van der Waals surface area contributed by atoms with Crippen molar-refractivity contribution >= 4 is 16.0 Å². The lowest BCUT2D eigenvalue weighted by molar-refractivity contribution is -0.139. The highest BCUT2D eigenvalue weighted by Gasteiger charge is 2.35. The van der Waals surface area contributed by atoms with Crippen LogP contribution in [-0.2, 0) is 19.6 Å². The Labute approximate surface area is 84.1 Å². The average molecular weight is 221 g/mol. The number of rotatable bonds is 3. The molecule has 0 aromatic rings. The number of hydrogen-bond acceptors (Lipinski definition) is 4. The first kappa shape index (κ1) is 11.5. The lowest BCUT2D eigenvalue weighted by Crippen LogP contribution is -2.40. The Bertz CT molecular complexity index is 305. The number of carbonyl (C=O) groups excluding carboxylic acids is 1. The molecule has 0 spiro atoms. The van der Waals surface area contributed by atoms with E-state index in [9.17, 15) is 13.2 Å². The maximum Gasteiger partial charge on any atom is 0.325 e. The van der Waals surface area contributed by atoms with Crippen LogP contribution in [0.25, 0.3) is 0 Å². The van der Waals surface area contributed by atoms with Crippen molar-refractivity contribution in [3.63, 3.8) is 0 Å². The minimum absolute atomic E-state index is 0.518. The molecule has 1 saturated heterocycles. The van der Waals surface area contributed by atoms with Crippen LogP contribution < -0.4 is 0 Å². The summed E-state index contributed by atoms with van der Waals surface area (Å²) < 4.78 is 29.3. The van der Waals surface area contributed by atoms with Crippen LogP contribution >= 0.6 is 0 Å². The second-order valence-corrected chi connectivity index (χ2v) is 5.57. The van der Waals surface area contributed by atoms with Gasteiger partial charge in [-0.1, -0.05) is 0 Å². The molecular formula is C8H15NO4S. The Morgan fingerprint density at radius 1 is 1.36 bits per heavy atom. The van der Waals surface area contributed by atoms with Crippen LogP contribution in [0.15, 0.2) is 0 Å². The van der Waals surface area contributed by atoms with Gasteiger partial charge >= 0.3 is 5.97 Å². The van der Waals surface area contributed by atoms with Crippen molar-refractivity contribution < 1.29 is 17.9 Å². The molecule has 1 aliphatic rings. The van der Waals surface area contributed by atoms with Crippen LogP contribution in [0.1, 0.15) is 19.8 Å². The minimum atomic E-state index is -3.49. The Morgan fingerprint density at radius 3 is 2.29 bits per heavy atom. The number of methoxy groups -OCH3 is 1. The van der Waals surface area contributed by atoms with Crippen molar-refractivity contribution in [2.45, 2.75) is 25.0 Å². The predicted octanol–water partition coefficient (Wildman–Crippen LogP) is -0.0265. The van der Waals surface area contributed by atoms with Gasteiger partial charge in [-0.25, -0.2) is 12.7 Å². The van der Waals surface area contributed by atoms with Gasteiger partial charge in [0, 0.05) is 13.1 Å². The molecule has 6 heteroatoms. The van der Waals surface area contributed by atoms with Crippen LogP contribution in [0.2, 0.25) is 0 Å². The van der Waals surface area contributed by atoms with E-state index in [0.29, 0.717) is 13.1 Å². The zero-order chi connectivity index (χ0) is 10.8. The van der Waals surface area contributed by atoms with Crippen molar-refractivity contribution in [1.82, 2.24) is 4.31 Å². The second-order valence-electron chi connectivity index (χ2n) is 3.32. The lowest BCUT2D eigenvalue weighted by atomic mass is 10.4. The van der Waals surface area contributed by atoms with Crippen LogP contribution in [0.5, 0.6) is 0 Å². The average Bonchev–Trinajstić information content (AvgIpc) is 2.68. The highest BCUT2D eigenvalue weighted by Crippen LogP contribution is 2.17. The van der Waals surface area contributed by atoms with Gasteiger partial charge in [0.2, 0.25) is 10.0 Å². The molecule has 14 heavy (non-hydrogen) atoms. The molecule has 0 aromatic heterocycles. The van der Waals surface area contributed by atoms with Gasteiger partial charge in [-0.3, -0.25) is 4.79 Å². The molecule has 0 bridgehead atoms. The zero-order valence-electron chi connectivity index (χ0n) is 8.39. The molecule has 0 aliphatic carbocycles. The summed E-state index contributed by atoms with van der Waals surface area (Å²) in [6.07, 6.45) is 1.74. The SMILES string of the molecule is COC(=O)C(C)S(=O)(=O)N1CCCC1.